The zero-order valence-electron chi connectivity index (χ0n) is 18.8. The molecule has 0 aliphatic heterocycles. The van der Waals surface area contributed by atoms with Crippen molar-refractivity contribution in [3.05, 3.63) is 94.0 Å². The standard InChI is InChI=1S/C26H19N2O3S.Na.H2O/c1-18-25(27-26(30)31-17-21-5-3-2-4-6-21)24(32-28-18)12-9-19-7-10-23-16-20(13-14-29)8-11-22(23)15-19;;/h2-8,10-11,15-16H,13,17H2,1H3,(H,27,30);;1H2/q-1;+1;/p-1. The molecule has 0 bridgehead atoms. The van der Waals surface area contributed by atoms with Crippen molar-refractivity contribution in [2.24, 2.45) is 0 Å². The molecular weight excluding hydrogens is 459 g/mol. The molecule has 4 aromatic rings. The van der Waals surface area contributed by atoms with Gasteiger partial charge in [-0.2, -0.15) is 4.37 Å². The van der Waals surface area contributed by atoms with E-state index in [0.717, 1.165) is 27.5 Å². The topological polar surface area (TPSA) is 98.3 Å². The van der Waals surface area contributed by atoms with Gasteiger partial charge in [0.05, 0.1) is 11.4 Å². The van der Waals surface area contributed by atoms with Crippen molar-refractivity contribution >= 4 is 40.4 Å². The van der Waals surface area contributed by atoms with E-state index in [9.17, 15) is 9.59 Å². The van der Waals surface area contributed by atoms with Gasteiger partial charge in [-0.1, -0.05) is 66.1 Å². The molecular formula is C26H20N2NaO4S-. The van der Waals surface area contributed by atoms with Crippen LogP contribution in [0.25, 0.3) is 10.8 Å². The fourth-order valence-electron chi connectivity index (χ4n) is 3.16. The van der Waals surface area contributed by atoms with E-state index in [1.54, 1.807) is 0 Å². The fourth-order valence-corrected chi connectivity index (χ4v) is 3.86. The summed E-state index contributed by atoms with van der Waals surface area (Å²) in [7, 11) is 0. The molecule has 34 heavy (non-hydrogen) atoms. The third-order valence-corrected chi connectivity index (χ3v) is 5.66. The first-order valence-electron chi connectivity index (χ1n) is 9.96. The predicted octanol–water partition coefficient (Wildman–Crippen LogP) is 2.23. The van der Waals surface area contributed by atoms with Gasteiger partial charge in [0.2, 0.25) is 0 Å². The van der Waals surface area contributed by atoms with E-state index in [1.807, 2.05) is 79.9 Å². The Labute approximate surface area is 224 Å². The Hall–Kier alpha value is -2.99. The number of amides is 1. The van der Waals surface area contributed by atoms with Gasteiger partial charge in [0.1, 0.15) is 11.5 Å². The van der Waals surface area contributed by atoms with Crippen LogP contribution >= 0.6 is 11.5 Å². The summed E-state index contributed by atoms with van der Waals surface area (Å²) in [6.07, 6.45) is 1.66. The van der Waals surface area contributed by atoms with E-state index in [1.165, 1.54) is 11.5 Å². The molecule has 0 aliphatic rings. The fraction of sp³-hybridized carbons (Fsp3) is 0.115. The van der Waals surface area contributed by atoms with Gasteiger partial charge in [0.25, 0.3) is 0 Å². The smallest absolute Gasteiger partial charge is 0.870 e. The molecule has 8 heteroatoms. The van der Waals surface area contributed by atoms with Gasteiger partial charge in [0.15, 0.2) is 0 Å². The van der Waals surface area contributed by atoms with Gasteiger partial charge in [-0.15, -0.1) is 6.42 Å². The summed E-state index contributed by atoms with van der Waals surface area (Å²) < 4.78 is 9.62. The molecule has 4 rings (SSSR count). The number of ether oxygens (including phenoxy) is 1. The molecule has 0 atom stereocenters. The third-order valence-electron chi connectivity index (χ3n) is 4.80. The van der Waals surface area contributed by atoms with Crippen LogP contribution in [0.2, 0.25) is 0 Å². The number of rotatable bonds is 5. The summed E-state index contributed by atoms with van der Waals surface area (Å²) in [5, 5.41) is 4.84. The number of benzene rings is 3. The summed E-state index contributed by atoms with van der Waals surface area (Å²) in [5.41, 5.74) is 3.94. The zero-order valence-corrected chi connectivity index (χ0v) is 21.6. The number of nitrogens with zero attached hydrogens (tertiary/aromatic N) is 1. The average molecular weight is 480 g/mol. The number of nitrogens with one attached hydrogen (secondary N) is 1. The van der Waals surface area contributed by atoms with Crippen LogP contribution < -0.4 is 34.9 Å². The zero-order chi connectivity index (χ0) is 22.3. The van der Waals surface area contributed by atoms with E-state index in [2.05, 4.69) is 21.5 Å². The number of fused-ring (bicyclic) bond motifs is 1. The monoisotopic (exact) mass is 479 g/mol. The molecule has 166 valence electrons. The number of carbonyl (C=O) groups is 1. The molecule has 0 radical (unpaired) electrons. The number of aromatic nitrogens is 1. The van der Waals surface area contributed by atoms with Crippen LogP contribution in [0.1, 0.15) is 27.3 Å². The molecule has 0 saturated heterocycles. The van der Waals surface area contributed by atoms with Gasteiger partial charge in [-0.25, -0.2) is 4.79 Å². The number of aryl methyl sites for hydroxylation is 1. The van der Waals surface area contributed by atoms with E-state index in [-0.39, 0.29) is 48.1 Å². The second-order valence-corrected chi connectivity index (χ2v) is 7.90. The van der Waals surface area contributed by atoms with Crippen molar-refractivity contribution in [2.45, 2.75) is 20.0 Å². The summed E-state index contributed by atoms with van der Waals surface area (Å²) in [5.74, 6) is 6.25. The summed E-state index contributed by atoms with van der Waals surface area (Å²) >= 11 is 1.23. The van der Waals surface area contributed by atoms with Crippen LogP contribution in [0.4, 0.5) is 10.5 Å². The van der Waals surface area contributed by atoms with Crippen molar-refractivity contribution in [3.63, 3.8) is 0 Å². The van der Waals surface area contributed by atoms with Gasteiger partial charge in [0, 0.05) is 5.56 Å². The van der Waals surface area contributed by atoms with Gasteiger partial charge in [-0.05, 0) is 52.8 Å². The van der Waals surface area contributed by atoms with E-state index in [4.69, 9.17) is 4.74 Å². The first-order chi connectivity index (χ1) is 15.6. The van der Waals surface area contributed by atoms with Crippen molar-refractivity contribution in [1.29, 1.82) is 0 Å². The maximum Gasteiger partial charge on any atom is 1.00 e. The maximum atomic E-state index is 12.3. The number of carbonyl (C=O) groups excluding carboxylic acids is 2. The Morgan fingerprint density at radius 1 is 1.03 bits per heavy atom. The first-order valence-corrected chi connectivity index (χ1v) is 10.7. The average Bonchev–Trinajstić information content (AvgIpc) is 3.16. The molecule has 0 fully saturated rings. The third kappa shape index (κ3) is 7.00. The number of anilines is 1. The molecule has 1 amide bonds. The minimum atomic E-state index is -0.547. The van der Waals surface area contributed by atoms with Crippen LogP contribution in [0.15, 0.2) is 66.7 Å². The van der Waals surface area contributed by atoms with Crippen LogP contribution in [-0.2, 0) is 22.6 Å². The maximum absolute atomic E-state index is 12.3. The molecule has 0 saturated carbocycles. The summed E-state index contributed by atoms with van der Waals surface area (Å²) in [4.78, 5) is 23.5. The predicted molar refractivity (Wildman–Crippen MR) is 128 cm³/mol. The Morgan fingerprint density at radius 3 is 2.53 bits per heavy atom. The Kier molecular flexibility index (Phi) is 10.5. The second kappa shape index (κ2) is 13.0. The molecule has 1 heterocycles. The van der Waals surface area contributed by atoms with Gasteiger partial charge in [-0.3, -0.25) is 11.6 Å². The van der Waals surface area contributed by atoms with Crippen molar-refractivity contribution in [3.8, 4) is 11.8 Å². The summed E-state index contributed by atoms with van der Waals surface area (Å²) in [6.45, 7) is 2.01. The molecule has 0 spiro atoms. The number of hydrogen-bond donors (Lipinski definition) is 1. The van der Waals surface area contributed by atoms with Crippen LogP contribution in [0.5, 0.6) is 0 Å². The van der Waals surface area contributed by atoms with Gasteiger partial charge >= 0.3 is 35.7 Å². The largest absolute Gasteiger partial charge is 1.00 e. The first kappa shape index (κ1) is 27.3. The Balaban J connectivity index is 0.00000204. The minimum Gasteiger partial charge on any atom is -0.870 e. The minimum absolute atomic E-state index is 0. The van der Waals surface area contributed by atoms with Crippen molar-refractivity contribution in [2.75, 3.05) is 5.32 Å². The second-order valence-electron chi connectivity index (χ2n) is 7.13. The van der Waals surface area contributed by atoms with Gasteiger partial charge < -0.3 is 15.0 Å². The van der Waals surface area contributed by atoms with E-state index in [0.29, 0.717) is 16.3 Å². The summed E-state index contributed by atoms with van der Waals surface area (Å²) in [6, 6.07) is 21.3. The molecule has 2 N–H and O–H groups in total. The molecule has 6 nitrogen and oxygen atoms in total. The van der Waals surface area contributed by atoms with E-state index >= 15 is 0 Å². The Bertz CT molecular complexity index is 1340. The quantitative estimate of drug-likeness (QED) is 0.269. The van der Waals surface area contributed by atoms with Crippen molar-refractivity contribution < 1.29 is 49.4 Å². The van der Waals surface area contributed by atoms with E-state index < -0.39 is 6.09 Å². The molecule has 3 aromatic carbocycles. The van der Waals surface area contributed by atoms with Crippen LogP contribution in [0.3, 0.4) is 0 Å². The molecule has 1 aromatic heterocycles. The molecule has 0 unspecified atom stereocenters. The normalized spacial score (nSPS) is 9.68. The Morgan fingerprint density at radius 2 is 1.76 bits per heavy atom. The molecule has 0 aliphatic carbocycles. The van der Waals surface area contributed by atoms with Crippen LogP contribution in [-0.4, -0.2) is 22.2 Å². The SMILES string of the molecule is Cc1nsc(C#Cc2ccc3cc(C[C-]=O)ccc3c2)c1NC(=O)OCc1ccccc1.[Na+].[OH-]. The number of hydrogen-bond acceptors (Lipinski definition) is 6. The van der Waals surface area contributed by atoms with Crippen LogP contribution in [0, 0.1) is 18.8 Å². The van der Waals surface area contributed by atoms with Crippen molar-refractivity contribution in [1.82, 2.24) is 4.37 Å².